The lowest BCUT2D eigenvalue weighted by atomic mass is 10.1. The van der Waals surface area contributed by atoms with Crippen LogP contribution in [0.2, 0.25) is 5.02 Å². The fourth-order valence-electron chi connectivity index (χ4n) is 1.88. The minimum atomic E-state index is -0.263. The van der Waals surface area contributed by atoms with Crippen LogP contribution in [0.15, 0.2) is 34.8 Å². The molecule has 0 atom stereocenters. The van der Waals surface area contributed by atoms with Crippen molar-refractivity contribution < 1.29 is 4.39 Å². The summed E-state index contributed by atoms with van der Waals surface area (Å²) in [5.41, 5.74) is 4.07. The van der Waals surface area contributed by atoms with Crippen molar-refractivity contribution in [2.24, 2.45) is 0 Å². The molecule has 0 aliphatic carbocycles. The van der Waals surface area contributed by atoms with Crippen LogP contribution in [0.1, 0.15) is 16.7 Å². The van der Waals surface area contributed by atoms with Crippen molar-refractivity contribution in [1.82, 2.24) is 0 Å². The quantitative estimate of drug-likeness (QED) is 0.780. The Bertz CT molecular complexity index is 613. The van der Waals surface area contributed by atoms with Crippen LogP contribution in [-0.2, 0) is 6.54 Å². The van der Waals surface area contributed by atoms with Gasteiger partial charge in [-0.1, -0.05) is 17.7 Å². The summed E-state index contributed by atoms with van der Waals surface area (Å²) >= 11 is 9.10. The smallest absolute Gasteiger partial charge is 0.139 e. The fraction of sp³-hybridized carbons (Fsp3) is 0.200. The average Bonchev–Trinajstić information content (AvgIpc) is 2.34. The Labute approximate surface area is 125 Å². The third-order valence-electron chi connectivity index (χ3n) is 3.04. The first kappa shape index (κ1) is 14.4. The summed E-state index contributed by atoms with van der Waals surface area (Å²) in [7, 11) is 0. The lowest BCUT2D eigenvalue weighted by molar-refractivity contribution is 0.621. The van der Waals surface area contributed by atoms with Gasteiger partial charge in [0.1, 0.15) is 5.82 Å². The number of anilines is 1. The minimum Gasteiger partial charge on any atom is -0.381 e. The van der Waals surface area contributed by atoms with Crippen LogP contribution in [0, 0.1) is 19.7 Å². The van der Waals surface area contributed by atoms with Crippen molar-refractivity contribution in [3.63, 3.8) is 0 Å². The number of hydrogen-bond donors (Lipinski definition) is 1. The molecule has 0 heterocycles. The zero-order chi connectivity index (χ0) is 14.0. The molecule has 0 aliphatic heterocycles. The molecule has 19 heavy (non-hydrogen) atoms. The molecule has 0 saturated heterocycles. The molecule has 0 aromatic heterocycles. The summed E-state index contributed by atoms with van der Waals surface area (Å²) in [6, 6.07) is 9.04. The van der Waals surface area contributed by atoms with Crippen molar-refractivity contribution in [2.75, 3.05) is 5.32 Å². The molecular weight excluding hydrogens is 329 g/mol. The number of rotatable bonds is 3. The second-order valence-electron chi connectivity index (χ2n) is 4.51. The Balaban J connectivity index is 2.16. The van der Waals surface area contributed by atoms with Gasteiger partial charge in [-0.25, -0.2) is 4.39 Å². The first-order chi connectivity index (χ1) is 8.97. The molecule has 1 nitrogen and oxygen atoms in total. The van der Waals surface area contributed by atoms with Crippen molar-refractivity contribution in [1.29, 1.82) is 0 Å². The van der Waals surface area contributed by atoms with Crippen LogP contribution in [0.3, 0.4) is 0 Å². The highest BCUT2D eigenvalue weighted by molar-refractivity contribution is 9.10. The standard InChI is InChI=1S/C15H14BrClFN/c1-9-5-12(17)4-3-11(9)8-19-15-7-14(18)13(16)6-10(15)2/h3-7,19H,8H2,1-2H3. The normalized spacial score (nSPS) is 10.6. The molecule has 0 spiro atoms. The number of aryl methyl sites for hydroxylation is 2. The molecule has 2 rings (SSSR count). The van der Waals surface area contributed by atoms with E-state index >= 15 is 0 Å². The highest BCUT2D eigenvalue weighted by Gasteiger charge is 2.06. The van der Waals surface area contributed by atoms with Gasteiger partial charge >= 0.3 is 0 Å². The van der Waals surface area contributed by atoms with E-state index in [4.69, 9.17) is 11.6 Å². The Morgan fingerprint density at radius 1 is 1.16 bits per heavy atom. The number of halogens is 3. The van der Waals surface area contributed by atoms with E-state index in [-0.39, 0.29) is 5.82 Å². The maximum atomic E-state index is 13.5. The zero-order valence-electron chi connectivity index (χ0n) is 10.7. The Kier molecular flexibility index (Phi) is 4.48. The Hall–Kier alpha value is -1.06. The fourth-order valence-corrected chi connectivity index (χ4v) is 2.57. The second-order valence-corrected chi connectivity index (χ2v) is 5.80. The molecular formula is C15H14BrClFN. The number of hydrogen-bond acceptors (Lipinski definition) is 1. The predicted molar refractivity (Wildman–Crippen MR) is 82.4 cm³/mol. The van der Waals surface area contributed by atoms with E-state index in [0.29, 0.717) is 11.0 Å². The van der Waals surface area contributed by atoms with E-state index in [9.17, 15) is 4.39 Å². The molecule has 1 N–H and O–H groups in total. The van der Waals surface area contributed by atoms with Gasteiger partial charge < -0.3 is 5.32 Å². The van der Waals surface area contributed by atoms with Gasteiger partial charge in [-0.15, -0.1) is 0 Å². The largest absolute Gasteiger partial charge is 0.381 e. The first-order valence-electron chi connectivity index (χ1n) is 5.92. The summed E-state index contributed by atoms with van der Waals surface area (Å²) < 4.78 is 14.0. The monoisotopic (exact) mass is 341 g/mol. The summed E-state index contributed by atoms with van der Waals surface area (Å²) in [6.07, 6.45) is 0. The molecule has 0 aliphatic rings. The first-order valence-corrected chi connectivity index (χ1v) is 7.09. The minimum absolute atomic E-state index is 0.263. The maximum Gasteiger partial charge on any atom is 0.139 e. The van der Waals surface area contributed by atoms with E-state index in [1.54, 1.807) is 6.07 Å². The third-order valence-corrected chi connectivity index (χ3v) is 3.88. The highest BCUT2D eigenvalue weighted by Crippen LogP contribution is 2.25. The molecule has 4 heteroatoms. The molecule has 0 radical (unpaired) electrons. The van der Waals surface area contributed by atoms with Crippen molar-refractivity contribution in [3.8, 4) is 0 Å². The lowest BCUT2D eigenvalue weighted by Crippen LogP contribution is -2.03. The maximum absolute atomic E-state index is 13.5. The number of nitrogens with one attached hydrogen (secondary N) is 1. The zero-order valence-corrected chi connectivity index (χ0v) is 13.1. The molecule has 2 aromatic rings. The van der Waals surface area contributed by atoms with E-state index < -0.39 is 0 Å². The topological polar surface area (TPSA) is 12.0 Å². The summed E-state index contributed by atoms with van der Waals surface area (Å²) in [5.74, 6) is -0.263. The number of benzene rings is 2. The Morgan fingerprint density at radius 3 is 2.58 bits per heavy atom. The Morgan fingerprint density at radius 2 is 1.89 bits per heavy atom. The molecule has 0 bridgehead atoms. The highest BCUT2D eigenvalue weighted by atomic mass is 79.9. The van der Waals surface area contributed by atoms with E-state index in [0.717, 1.165) is 27.4 Å². The van der Waals surface area contributed by atoms with Gasteiger partial charge in [0.15, 0.2) is 0 Å². The van der Waals surface area contributed by atoms with Crippen LogP contribution in [0.25, 0.3) is 0 Å². The molecule has 100 valence electrons. The van der Waals surface area contributed by atoms with E-state index in [2.05, 4.69) is 21.2 Å². The predicted octanol–water partition coefficient (Wildman–Crippen LogP) is 5.47. The molecule has 2 aromatic carbocycles. The van der Waals surface area contributed by atoms with Gasteiger partial charge in [0.05, 0.1) is 4.47 Å². The summed E-state index contributed by atoms with van der Waals surface area (Å²) in [6.45, 7) is 4.60. The lowest BCUT2D eigenvalue weighted by Gasteiger charge is -2.12. The van der Waals surface area contributed by atoms with Gasteiger partial charge in [0.25, 0.3) is 0 Å². The van der Waals surface area contributed by atoms with Crippen LogP contribution in [-0.4, -0.2) is 0 Å². The van der Waals surface area contributed by atoms with Gasteiger partial charge in [-0.3, -0.25) is 0 Å². The van der Waals surface area contributed by atoms with E-state index in [1.807, 2.05) is 32.0 Å². The SMILES string of the molecule is Cc1cc(Cl)ccc1CNc1cc(F)c(Br)cc1C. The van der Waals surface area contributed by atoms with Crippen LogP contribution >= 0.6 is 27.5 Å². The van der Waals surface area contributed by atoms with Crippen molar-refractivity contribution in [2.45, 2.75) is 20.4 Å². The third kappa shape index (κ3) is 3.48. The second kappa shape index (κ2) is 5.93. The average molecular weight is 343 g/mol. The van der Waals surface area contributed by atoms with Crippen LogP contribution in [0.4, 0.5) is 10.1 Å². The van der Waals surface area contributed by atoms with E-state index in [1.165, 1.54) is 6.07 Å². The molecule has 0 fully saturated rings. The van der Waals surface area contributed by atoms with Crippen LogP contribution < -0.4 is 5.32 Å². The van der Waals surface area contributed by atoms with Gasteiger partial charge in [0, 0.05) is 17.3 Å². The van der Waals surface area contributed by atoms with Gasteiger partial charge in [-0.05, 0) is 70.7 Å². The van der Waals surface area contributed by atoms with Gasteiger partial charge in [0.2, 0.25) is 0 Å². The van der Waals surface area contributed by atoms with Gasteiger partial charge in [-0.2, -0.15) is 0 Å². The molecule has 0 amide bonds. The molecule has 0 unspecified atom stereocenters. The van der Waals surface area contributed by atoms with Crippen molar-refractivity contribution in [3.05, 3.63) is 62.3 Å². The van der Waals surface area contributed by atoms with Crippen molar-refractivity contribution >= 4 is 33.2 Å². The summed E-state index contributed by atoms with van der Waals surface area (Å²) in [5, 5.41) is 3.98. The van der Waals surface area contributed by atoms with Crippen LogP contribution in [0.5, 0.6) is 0 Å². The summed E-state index contributed by atoms with van der Waals surface area (Å²) in [4.78, 5) is 0. The molecule has 0 saturated carbocycles.